The third-order valence-corrected chi connectivity index (χ3v) is 7.13. The van der Waals surface area contributed by atoms with Gasteiger partial charge in [-0.2, -0.15) is 8.42 Å². The summed E-state index contributed by atoms with van der Waals surface area (Å²) in [6, 6.07) is 10.3. The van der Waals surface area contributed by atoms with E-state index < -0.39 is 16.0 Å². The Morgan fingerprint density at radius 2 is 2.04 bits per heavy atom. The van der Waals surface area contributed by atoms with Crippen molar-refractivity contribution in [3.63, 3.8) is 0 Å². The molecule has 0 amide bonds. The van der Waals surface area contributed by atoms with Crippen molar-refractivity contribution in [3.8, 4) is 0 Å². The number of carbonyl (C=O) groups excluding carboxylic acids is 1. The van der Waals surface area contributed by atoms with Crippen LogP contribution in [-0.2, 0) is 19.6 Å². The van der Waals surface area contributed by atoms with Crippen LogP contribution < -0.4 is 0 Å². The van der Waals surface area contributed by atoms with E-state index in [2.05, 4.69) is 20.7 Å². The van der Waals surface area contributed by atoms with E-state index in [9.17, 15) is 13.2 Å². The number of ether oxygens (including phenoxy) is 1. The molecule has 0 unspecified atom stereocenters. The molecule has 0 radical (unpaired) electrons. The van der Waals surface area contributed by atoms with Gasteiger partial charge in [0.05, 0.1) is 16.4 Å². The molecule has 24 heavy (non-hydrogen) atoms. The van der Waals surface area contributed by atoms with Gasteiger partial charge in [0.2, 0.25) is 0 Å². The molecule has 0 bridgehead atoms. The number of esters is 1. The van der Waals surface area contributed by atoms with Crippen LogP contribution in [0.25, 0.3) is 17.0 Å². The summed E-state index contributed by atoms with van der Waals surface area (Å²) in [5, 5.41) is 0.765. The Kier molecular flexibility index (Phi) is 4.62. The third kappa shape index (κ3) is 3.17. The second kappa shape index (κ2) is 6.54. The van der Waals surface area contributed by atoms with Crippen molar-refractivity contribution in [1.82, 2.24) is 3.97 Å². The molecular weight excluding hydrogens is 414 g/mol. The summed E-state index contributed by atoms with van der Waals surface area (Å²) >= 11 is 4.45. The zero-order valence-electron chi connectivity index (χ0n) is 12.5. The fourth-order valence-electron chi connectivity index (χ4n) is 2.21. The van der Waals surface area contributed by atoms with E-state index in [1.165, 1.54) is 23.4 Å². The highest BCUT2D eigenvalue weighted by Crippen LogP contribution is 2.30. The number of fused-ring (bicyclic) bond motifs is 1. The zero-order valence-corrected chi connectivity index (χ0v) is 15.7. The van der Waals surface area contributed by atoms with E-state index in [1.807, 2.05) is 6.07 Å². The molecule has 0 N–H and O–H groups in total. The average Bonchev–Trinajstić information content (AvgIpc) is 3.18. The van der Waals surface area contributed by atoms with E-state index in [-0.39, 0.29) is 4.21 Å². The SMILES string of the molecule is COC(=O)/C=C/c1ccc2c(ccn2S(=O)(=O)c2ccc(Br)s2)c1. The standard InChI is InChI=1S/C16H12BrNO4S2/c1-22-15(19)6-3-11-2-4-13-12(10-11)8-9-18(13)24(20,21)16-7-5-14(17)23-16/h2-10H,1H3/b6-3+. The average molecular weight is 426 g/mol. The van der Waals surface area contributed by atoms with Crippen LogP contribution >= 0.6 is 27.3 Å². The topological polar surface area (TPSA) is 65.4 Å². The summed E-state index contributed by atoms with van der Waals surface area (Å²) in [6.45, 7) is 0. The minimum Gasteiger partial charge on any atom is -0.466 e. The van der Waals surface area contributed by atoms with Crippen molar-refractivity contribution in [2.75, 3.05) is 7.11 Å². The number of thiophene rings is 1. The van der Waals surface area contributed by atoms with Gasteiger partial charge in [0.25, 0.3) is 10.0 Å². The lowest BCUT2D eigenvalue weighted by atomic mass is 10.1. The smallest absolute Gasteiger partial charge is 0.330 e. The maximum atomic E-state index is 12.7. The van der Waals surface area contributed by atoms with Gasteiger partial charge >= 0.3 is 5.97 Å². The van der Waals surface area contributed by atoms with E-state index >= 15 is 0 Å². The number of aromatic nitrogens is 1. The highest BCUT2D eigenvalue weighted by molar-refractivity contribution is 9.11. The maximum absolute atomic E-state index is 12.7. The normalized spacial score (nSPS) is 12.1. The number of nitrogens with zero attached hydrogens (tertiary/aromatic N) is 1. The van der Waals surface area contributed by atoms with Crippen molar-refractivity contribution in [2.24, 2.45) is 0 Å². The monoisotopic (exact) mass is 425 g/mol. The third-order valence-electron chi connectivity index (χ3n) is 3.35. The number of rotatable bonds is 4. The van der Waals surface area contributed by atoms with E-state index in [0.29, 0.717) is 5.52 Å². The Bertz CT molecular complexity index is 1050. The van der Waals surface area contributed by atoms with Gasteiger partial charge in [0.1, 0.15) is 4.21 Å². The summed E-state index contributed by atoms with van der Waals surface area (Å²) in [4.78, 5) is 11.1. The fraction of sp³-hybridized carbons (Fsp3) is 0.0625. The second-order valence-electron chi connectivity index (χ2n) is 4.85. The summed E-state index contributed by atoms with van der Waals surface area (Å²) < 4.78 is 32.3. The highest BCUT2D eigenvalue weighted by atomic mass is 79.9. The Labute approximate surface area is 151 Å². The van der Waals surface area contributed by atoms with Crippen molar-refractivity contribution >= 4 is 60.2 Å². The predicted octanol–water partition coefficient (Wildman–Crippen LogP) is 3.89. The number of benzene rings is 1. The minimum absolute atomic E-state index is 0.265. The van der Waals surface area contributed by atoms with Gasteiger partial charge in [-0.1, -0.05) is 6.07 Å². The summed E-state index contributed by atoms with van der Waals surface area (Å²) in [5.41, 5.74) is 1.36. The molecule has 8 heteroatoms. The fourth-order valence-corrected chi connectivity index (χ4v) is 5.67. The molecular formula is C16H12BrNO4S2. The lowest BCUT2D eigenvalue weighted by Gasteiger charge is -2.05. The first-order valence-electron chi connectivity index (χ1n) is 6.80. The van der Waals surface area contributed by atoms with Crippen LogP contribution in [0.3, 0.4) is 0 Å². The molecule has 0 fully saturated rings. The van der Waals surface area contributed by atoms with Gasteiger partial charge in [0.15, 0.2) is 0 Å². The molecule has 2 aromatic heterocycles. The van der Waals surface area contributed by atoms with Gasteiger partial charge in [0, 0.05) is 17.7 Å². The zero-order chi connectivity index (χ0) is 17.3. The summed E-state index contributed by atoms with van der Waals surface area (Å²) in [5.74, 6) is -0.446. The Morgan fingerprint density at radius 3 is 2.71 bits per heavy atom. The van der Waals surface area contributed by atoms with Crippen molar-refractivity contribution in [3.05, 3.63) is 58.0 Å². The van der Waals surface area contributed by atoms with Crippen LogP contribution in [-0.4, -0.2) is 25.5 Å². The van der Waals surface area contributed by atoms with Gasteiger partial charge < -0.3 is 4.74 Å². The molecule has 0 saturated heterocycles. The number of methoxy groups -OCH3 is 1. The van der Waals surface area contributed by atoms with Crippen LogP contribution in [0.15, 0.2) is 56.7 Å². The first-order chi connectivity index (χ1) is 11.4. The maximum Gasteiger partial charge on any atom is 0.330 e. The van der Waals surface area contributed by atoms with Crippen LogP contribution in [0.5, 0.6) is 0 Å². The molecule has 3 rings (SSSR count). The van der Waals surface area contributed by atoms with Crippen LogP contribution in [0.1, 0.15) is 5.56 Å². The van der Waals surface area contributed by atoms with E-state index in [4.69, 9.17) is 0 Å². The highest BCUT2D eigenvalue weighted by Gasteiger charge is 2.20. The second-order valence-corrected chi connectivity index (χ2v) is 9.35. The van der Waals surface area contributed by atoms with E-state index in [0.717, 1.165) is 26.1 Å². The van der Waals surface area contributed by atoms with Gasteiger partial charge in [-0.25, -0.2) is 8.77 Å². The molecule has 0 aliphatic rings. The van der Waals surface area contributed by atoms with Crippen LogP contribution in [0, 0.1) is 0 Å². The summed E-state index contributed by atoms with van der Waals surface area (Å²) in [6.07, 6.45) is 4.47. The molecule has 124 valence electrons. The Balaban J connectivity index is 2.03. The Hall–Kier alpha value is -1.90. The molecule has 5 nitrogen and oxygen atoms in total. The molecule has 0 atom stereocenters. The molecule has 1 aromatic carbocycles. The summed E-state index contributed by atoms with van der Waals surface area (Å²) in [7, 11) is -2.32. The lowest BCUT2D eigenvalue weighted by Crippen LogP contribution is -2.10. The number of hydrogen-bond acceptors (Lipinski definition) is 5. The van der Waals surface area contributed by atoms with Crippen molar-refractivity contribution < 1.29 is 17.9 Å². The molecule has 0 saturated carbocycles. The predicted molar refractivity (Wildman–Crippen MR) is 97.6 cm³/mol. The van der Waals surface area contributed by atoms with Crippen molar-refractivity contribution in [2.45, 2.75) is 4.21 Å². The van der Waals surface area contributed by atoms with E-state index in [1.54, 1.807) is 36.4 Å². The van der Waals surface area contributed by atoms with Gasteiger partial charge in [-0.15, -0.1) is 11.3 Å². The van der Waals surface area contributed by atoms with Crippen molar-refractivity contribution in [1.29, 1.82) is 0 Å². The quantitative estimate of drug-likeness (QED) is 0.469. The van der Waals surface area contributed by atoms with Crippen LogP contribution in [0.2, 0.25) is 0 Å². The molecule has 3 aromatic rings. The number of carbonyl (C=O) groups is 1. The largest absolute Gasteiger partial charge is 0.466 e. The first kappa shape index (κ1) is 16.9. The first-order valence-corrected chi connectivity index (χ1v) is 9.85. The molecule has 0 spiro atoms. The van der Waals surface area contributed by atoms with Gasteiger partial charge in [-0.05, 0) is 57.9 Å². The number of halogens is 1. The van der Waals surface area contributed by atoms with Gasteiger partial charge in [-0.3, -0.25) is 0 Å². The lowest BCUT2D eigenvalue weighted by molar-refractivity contribution is -0.134. The number of hydrogen-bond donors (Lipinski definition) is 0. The Morgan fingerprint density at radius 1 is 1.25 bits per heavy atom. The molecule has 2 heterocycles. The van der Waals surface area contributed by atoms with Crippen LogP contribution in [0.4, 0.5) is 0 Å². The molecule has 0 aliphatic heterocycles. The minimum atomic E-state index is -3.63. The molecule has 0 aliphatic carbocycles.